The number of ether oxygens (including phenoxy) is 1. The molecule has 0 N–H and O–H groups in total. The highest BCUT2D eigenvalue weighted by atomic mass is 16.5. The van der Waals surface area contributed by atoms with E-state index in [2.05, 4.69) is 0 Å². The van der Waals surface area contributed by atoms with Gasteiger partial charge < -0.3 is 14.5 Å². The molecule has 1 atom stereocenters. The monoisotopic (exact) mass is 276 g/mol. The summed E-state index contributed by atoms with van der Waals surface area (Å²) in [6.45, 7) is 2.52. The molecule has 1 saturated heterocycles. The molecule has 1 heterocycles. The Hall–Kier alpha value is -2.04. The van der Waals surface area contributed by atoms with Crippen LogP contribution in [0.15, 0.2) is 24.3 Å². The summed E-state index contributed by atoms with van der Waals surface area (Å²) in [6, 6.07) is 7.72. The summed E-state index contributed by atoms with van der Waals surface area (Å²) in [5, 5.41) is 0. The largest absolute Gasteiger partial charge is 0.466 e. The number of rotatable bonds is 4. The summed E-state index contributed by atoms with van der Waals surface area (Å²) in [7, 11) is 3.93. The molecule has 1 amide bonds. The van der Waals surface area contributed by atoms with Crippen LogP contribution < -0.4 is 9.80 Å². The minimum Gasteiger partial charge on any atom is -0.466 e. The van der Waals surface area contributed by atoms with E-state index in [-0.39, 0.29) is 24.2 Å². The van der Waals surface area contributed by atoms with Gasteiger partial charge in [0.25, 0.3) is 0 Å². The Bertz CT molecular complexity index is 496. The molecule has 1 aromatic rings. The first-order valence-electron chi connectivity index (χ1n) is 6.77. The molecule has 0 aromatic heterocycles. The number of anilines is 2. The molecular formula is C15H20N2O3. The number of hydrogen-bond donors (Lipinski definition) is 0. The predicted molar refractivity (Wildman–Crippen MR) is 77.9 cm³/mol. The van der Waals surface area contributed by atoms with E-state index in [1.807, 2.05) is 43.3 Å². The normalized spacial score (nSPS) is 18.2. The zero-order chi connectivity index (χ0) is 14.7. The first-order valence-corrected chi connectivity index (χ1v) is 6.77. The summed E-state index contributed by atoms with van der Waals surface area (Å²) in [5.74, 6) is -0.662. The van der Waals surface area contributed by atoms with Gasteiger partial charge in [-0.05, 0) is 31.2 Å². The molecule has 2 rings (SSSR count). The summed E-state index contributed by atoms with van der Waals surface area (Å²) in [6.07, 6.45) is 0.230. The van der Waals surface area contributed by atoms with Crippen molar-refractivity contribution in [2.45, 2.75) is 13.3 Å². The fourth-order valence-electron chi connectivity index (χ4n) is 2.31. The second-order valence-corrected chi connectivity index (χ2v) is 5.07. The number of nitrogens with zero attached hydrogens (tertiary/aromatic N) is 2. The smallest absolute Gasteiger partial charge is 0.311 e. The molecule has 1 aromatic carbocycles. The lowest BCUT2D eigenvalue weighted by atomic mass is 10.1. The molecular weight excluding hydrogens is 256 g/mol. The van der Waals surface area contributed by atoms with E-state index in [1.165, 1.54) is 0 Å². The number of benzene rings is 1. The highest BCUT2D eigenvalue weighted by Gasteiger charge is 2.35. The molecule has 0 radical (unpaired) electrons. The van der Waals surface area contributed by atoms with Crippen LogP contribution in [0.2, 0.25) is 0 Å². The van der Waals surface area contributed by atoms with Crippen molar-refractivity contribution in [1.82, 2.24) is 0 Å². The minimum atomic E-state index is -0.351. The van der Waals surface area contributed by atoms with Crippen LogP contribution >= 0.6 is 0 Å². The number of amides is 1. The lowest BCUT2D eigenvalue weighted by Crippen LogP contribution is -2.26. The van der Waals surface area contributed by atoms with E-state index in [4.69, 9.17) is 4.74 Å². The van der Waals surface area contributed by atoms with Crippen LogP contribution in [-0.2, 0) is 14.3 Å². The Morgan fingerprint density at radius 1 is 1.35 bits per heavy atom. The molecule has 5 heteroatoms. The van der Waals surface area contributed by atoms with Gasteiger partial charge in [-0.15, -0.1) is 0 Å². The van der Waals surface area contributed by atoms with E-state index in [9.17, 15) is 9.59 Å². The molecule has 0 aliphatic carbocycles. The van der Waals surface area contributed by atoms with Gasteiger partial charge in [0.05, 0.1) is 12.5 Å². The first kappa shape index (κ1) is 14.4. The molecule has 0 spiro atoms. The predicted octanol–water partition coefficient (Wildman–Crippen LogP) is 1.67. The van der Waals surface area contributed by atoms with Crippen molar-refractivity contribution in [3.8, 4) is 0 Å². The van der Waals surface area contributed by atoms with Gasteiger partial charge in [-0.25, -0.2) is 0 Å². The molecule has 1 aliphatic rings. The maximum Gasteiger partial charge on any atom is 0.311 e. The Labute approximate surface area is 119 Å². The van der Waals surface area contributed by atoms with Gasteiger partial charge >= 0.3 is 5.97 Å². The third-order valence-electron chi connectivity index (χ3n) is 3.42. The van der Waals surface area contributed by atoms with E-state index in [0.717, 1.165) is 11.4 Å². The first-order chi connectivity index (χ1) is 9.52. The summed E-state index contributed by atoms with van der Waals surface area (Å²) < 4.78 is 4.98. The fourth-order valence-corrected chi connectivity index (χ4v) is 2.31. The molecule has 1 aliphatic heterocycles. The van der Waals surface area contributed by atoms with Gasteiger partial charge in [0, 0.05) is 38.4 Å². The van der Waals surface area contributed by atoms with Crippen LogP contribution in [-0.4, -0.2) is 39.1 Å². The maximum absolute atomic E-state index is 12.0. The van der Waals surface area contributed by atoms with Gasteiger partial charge in [0.2, 0.25) is 5.91 Å². The van der Waals surface area contributed by atoms with Crippen LogP contribution in [0.4, 0.5) is 11.4 Å². The Morgan fingerprint density at radius 3 is 2.55 bits per heavy atom. The minimum absolute atomic E-state index is 0.0272. The SMILES string of the molecule is CCOC(=O)[C@H]1CC(=O)N(c2ccc(N(C)C)cc2)C1. The standard InChI is InChI=1S/C15H20N2O3/c1-4-20-15(19)11-9-14(18)17(10-11)13-7-5-12(6-8-13)16(2)3/h5-8,11H,4,9-10H2,1-3H3/t11-/m0/s1. The average Bonchev–Trinajstić information content (AvgIpc) is 2.81. The van der Waals surface area contributed by atoms with E-state index < -0.39 is 0 Å². The highest BCUT2D eigenvalue weighted by Crippen LogP contribution is 2.27. The molecule has 1 fully saturated rings. The maximum atomic E-state index is 12.0. The Kier molecular flexibility index (Phi) is 4.27. The van der Waals surface area contributed by atoms with Gasteiger partial charge in [0.1, 0.15) is 0 Å². The van der Waals surface area contributed by atoms with Crippen LogP contribution in [0, 0.1) is 5.92 Å². The Morgan fingerprint density at radius 2 is 2.00 bits per heavy atom. The highest BCUT2D eigenvalue weighted by molar-refractivity contribution is 5.99. The van der Waals surface area contributed by atoms with Gasteiger partial charge in [-0.3, -0.25) is 9.59 Å². The van der Waals surface area contributed by atoms with E-state index in [0.29, 0.717) is 13.2 Å². The third kappa shape index (κ3) is 2.92. The second-order valence-electron chi connectivity index (χ2n) is 5.07. The molecule has 0 saturated carbocycles. The van der Waals surface area contributed by atoms with Gasteiger partial charge in [-0.1, -0.05) is 0 Å². The van der Waals surface area contributed by atoms with Crippen LogP contribution in [0.25, 0.3) is 0 Å². The summed E-state index contributed by atoms with van der Waals surface area (Å²) >= 11 is 0. The number of carbonyl (C=O) groups is 2. The van der Waals surface area contributed by atoms with Crippen LogP contribution in [0.5, 0.6) is 0 Å². The molecule has 0 bridgehead atoms. The average molecular weight is 276 g/mol. The zero-order valence-corrected chi connectivity index (χ0v) is 12.1. The van der Waals surface area contributed by atoms with Crippen LogP contribution in [0.1, 0.15) is 13.3 Å². The second kappa shape index (κ2) is 5.94. The van der Waals surface area contributed by atoms with Crippen molar-refractivity contribution in [1.29, 1.82) is 0 Å². The number of carbonyl (C=O) groups excluding carboxylic acids is 2. The molecule has 0 unspecified atom stereocenters. The number of hydrogen-bond acceptors (Lipinski definition) is 4. The fraction of sp³-hybridized carbons (Fsp3) is 0.467. The van der Waals surface area contributed by atoms with Gasteiger partial charge in [-0.2, -0.15) is 0 Å². The van der Waals surface area contributed by atoms with Crippen molar-refractivity contribution < 1.29 is 14.3 Å². The van der Waals surface area contributed by atoms with Crippen molar-refractivity contribution >= 4 is 23.3 Å². The van der Waals surface area contributed by atoms with Gasteiger partial charge in [0.15, 0.2) is 0 Å². The van der Waals surface area contributed by atoms with E-state index in [1.54, 1.807) is 11.8 Å². The Balaban J connectivity index is 2.09. The molecule has 108 valence electrons. The molecule has 5 nitrogen and oxygen atoms in total. The lowest BCUT2D eigenvalue weighted by molar-refractivity contribution is -0.147. The lowest BCUT2D eigenvalue weighted by Gasteiger charge is -2.18. The summed E-state index contributed by atoms with van der Waals surface area (Å²) in [5.41, 5.74) is 1.90. The summed E-state index contributed by atoms with van der Waals surface area (Å²) in [4.78, 5) is 27.4. The van der Waals surface area contributed by atoms with Crippen molar-refractivity contribution in [3.63, 3.8) is 0 Å². The van der Waals surface area contributed by atoms with Crippen LogP contribution in [0.3, 0.4) is 0 Å². The quantitative estimate of drug-likeness (QED) is 0.785. The zero-order valence-electron chi connectivity index (χ0n) is 12.1. The van der Waals surface area contributed by atoms with Crippen molar-refractivity contribution in [2.24, 2.45) is 5.92 Å². The number of esters is 1. The van der Waals surface area contributed by atoms with Crippen molar-refractivity contribution in [3.05, 3.63) is 24.3 Å². The third-order valence-corrected chi connectivity index (χ3v) is 3.42. The molecule has 20 heavy (non-hydrogen) atoms. The van der Waals surface area contributed by atoms with E-state index >= 15 is 0 Å². The topological polar surface area (TPSA) is 49.9 Å². The van der Waals surface area contributed by atoms with Crippen molar-refractivity contribution in [2.75, 3.05) is 37.0 Å².